The van der Waals surface area contributed by atoms with Gasteiger partial charge >= 0.3 is 0 Å². The summed E-state index contributed by atoms with van der Waals surface area (Å²) in [4.78, 5) is 15.3. The van der Waals surface area contributed by atoms with E-state index in [-0.39, 0.29) is 36.0 Å². The highest BCUT2D eigenvalue weighted by Crippen LogP contribution is 2.28. The van der Waals surface area contributed by atoms with Gasteiger partial charge in [-0.05, 0) is 42.9 Å². The minimum atomic E-state index is -3.04. The van der Waals surface area contributed by atoms with E-state index >= 15 is 0 Å². The highest BCUT2D eigenvalue weighted by atomic mass is 32.2. The number of carbonyl (C=O) groups is 1. The number of hydrogen-bond acceptors (Lipinski definition) is 4. The van der Waals surface area contributed by atoms with E-state index in [1.54, 1.807) is 0 Å². The normalized spacial score (nSPS) is 21.0. The van der Waals surface area contributed by atoms with E-state index in [2.05, 4.69) is 23.5 Å². The van der Waals surface area contributed by atoms with Crippen molar-refractivity contribution in [3.63, 3.8) is 0 Å². The summed E-state index contributed by atoms with van der Waals surface area (Å²) < 4.78 is 24.2. The Kier molecular flexibility index (Phi) is 6.96. The van der Waals surface area contributed by atoms with Crippen LogP contribution in [0.2, 0.25) is 0 Å². The summed E-state index contributed by atoms with van der Waals surface area (Å²) in [5, 5.41) is 3.36. The van der Waals surface area contributed by atoms with Gasteiger partial charge in [0.1, 0.15) is 0 Å². The van der Waals surface area contributed by atoms with Crippen molar-refractivity contribution in [2.45, 2.75) is 57.0 Å². The topological polar surface area (TPSA) is 66.5 Å². The van der Waals surface area contributed by atoms with Crippen molar-refractivity contribution in [3.05, 3.63) is 65.7 Å². The average Bonchev–Trinajstić information content (AvgIpc) is 3.14. The molecule has 1 aliphatic heterocycles. The molecule has 1 atom stereocenters. The second kappa shape index (κ2) is 9.86. The van der Waals surface area contributed by atoms with Gasteiger partial charge in [0.15, 0.2) is 9.84 Å². The molecule has 1 aliphatic carbocycles. The molecule has 0 unspecified atom stereocenters. The zero-order valence-corrected chi connectivity index (χ0v) is 18.8. The van der Waals surface area contributed by atoms with E-state index < -0.39 is 9.84 Å². The molecule has 0 bridgehead atoms. The third-order valence-corrected chi connectivity index (χ3v) is 8.29. The predicted molar refractivity (Wildman–Crippen MR) is 125 cm³/mol. The summed E-state index contributed by atoms with van der Waals surface area (Å²) in [6.45, 7) is 0.193. The monoisotopic (exact) mass is 440 g/mol. The van der Waals surface area contributed by atoms with Crippen molar-refractivity contribution >= 4 is 21.4 Å². The summed E-state index contributed by atoms with van der Waals surface area (Å²) in [5.41, 5.74) is 3.33. The van der Waals surface area contributed by atoms with Crippen LogP contribution in [0.15, 0.2) is 54.6 Å². The Bertz CT molecular complexity index is 985. The van der Waals surface area contributed by atoms with E-state index in [0.717, 1.165) is 43.4 Å². The van der Waals surface area contributed by atoms with Crippen LogP contribution in [-0.2, 0) is 21.1 Å². The zero-order valence-electron chi connectivity index (χ0n) is 18.0. The molecule has 1 saturated heterocycles. The van der Waals surface area contributed by atoms with Gasteiger partial charge in [-0.25, -0.2) is 8.42 Å². The molecule has 0 radical (unpaired) electrons. The lowest BCUT2D eigenvalue weighted by atomic mass is 9.93. The third-order valence-electron chi connectivity index (χ3n) is 6.54. The Hall–Kier alpha value is -2.34. The minimum Gasteiger partial charge on any atom is -0.376 e. The lowest BCUT2D eigenvalue weighted by Gasteiger charge is -2.38. The van der Waals surface area contributed by atoms with Gasteiger partial charge in [0.05, 0.1) is 18.1 Å². The molecule has 2 aliphatic rings. The van der Waals surface area contributed by atoms with Crippen molar-refractivity contribution in [1.82, 2.24) is 4.90 Å². The molecule has 1 N–H and O–H groups in total. The number of anilines is 1. The zero-order chi connectivity index (χ0) is 21.7. The quantitative estimate of drug-likeness (QED) is 0.706. The fourth-order valence-corrected chi connectivity index (χ4v) is 6.70. The Morgan fingerprint density at radius 2 is 1.61 bits per heavy atom. The SMILES string of the molecule is O=C(CNc1ccccc1Cc1ccccc1)N(C1CCCCC1)[C@@H]1CCS(=O)(=O)C1. The number of hydrogen-bond donors (Lipinski definition) is 1. The number of sulfone groups is 1. The molecule has 0 aromatic heterocycles. The first-order chi connectivity index (χ1) is 15.0. The van der Waals surface area contributed by atoms with Gasteiger partial charge in [0.2, 0.25) is 5.91 Å². The van der Waals surface area contributed by atoms with Crippen molar-refractivity contribution in [2.24, 2.45) is 0 Å². The number of rotatable bonds is 7. The van der Waals surface area contributed by atoms with Gasteiger partial charge in [-0.3, -0.25) is 4.79 Å². The maximum absolute atomic E-state index is 13.4. The molecule has 1 heterocycles. The average molecular weight is 441 g/mol. The van der Waals surface area contributed by atoms with E-state index in [1.165, 1.54) is 12.0 Å². The number of amides is 1. The predicted octanol–water partition coefficient (Wildman–Crippen LogP) is 4.04. The van der Waals surface area contributed by atoms with Crippen LogP contribution >= 0.6 is 0 Å². The smallest absolute Gasteiger partial charge is 0.242 e. The molecular weight excluding hydrogens is 408 g/mol. The second-order valence-electron chi connectivity index (χ2n) is 8.82. The largest absolute Gasteiger partial charge is 0.376 e. The van der Waals surface area contributed by atoms with Crippen LogP contribution in [0.4, 0.5) is 5.69 Å². The third kappa shape index (κ3) is 5.67. The number of carbonyl (C=O) groups excluding carboxylic acids is 1. The van der Waals surface area contributed by atoms with Gasteiger partial charge in [0, 0.05) is 17.8 Å². The van der Waals surface area contributed by atoms with Crippen LogP contribution in [0.1, 0.15) is 49.7 Å². The highest BCUT2D eigenvalue weighted by molar-refractivity contribution is 7.91. The van der Waals surface area contributed by atoms with Crippen LogP contribution in [0.5, 0.6) is 0 Å². The summed E-state index contributed by atoms with van der Waals surface area (Å²) in [5.74, 6) is 0.324. The fraction of sp³-hybridized carbons (Fsp3) is 0.480. The maximum Gasteiger partial charge on any atom is 0.242 e. The molecule has 2 aromatic carbocycles. The van der Waals surface area contributed by atoms with Crippen molar-refractivity contribution in [2.75, 3.05) is 23.4 Å². The van der Waals surface area contributed by atoms with E-state index in [4.69, 9.17) is 0 Å². The van der Waals surface area contributed by atoms with E-state index in [0.29, 0.717) is 6.42 Å². The first kappa shape index (κ1) is 21.9. The molecule has 2 aromatic rings. The van der Waals surface area contributed by atoms with Crippen LogP contribution in [0.3, 0.4) is 0 Å². The molecule has 31 heavy (non-hydrogen) atoms. The van der Waals surface area contributed by atoms with Crippen LogP contribution in [0, 0.1) is 0 Å². The lowest BCUT2D eigenvalue weighted by Crippen LogP contribution is -2.50. The molecule has 5 nitrogen and oxygen atoms in total. The van der Waals surface area contributed by atoms with Gasteiger partial charge in [-0.1, -0.05) is 67.8 Å². The summed E-state index contributed by atoms with van der Waals surface area (Å²) in [6, 6.07) is 18.4. The second-order valence-corrected chi connectivity index (χ2v) is 11.1. The van der Waals surface area contributed by atoms with Gasteiger partial charge in [-0.15, -0.1) is 0 Å². The molecule has 0 spiro atoms. The number of benzene rings is 2. The molecule has 166 valence electrons. The fourth-order valence-electron chi connectivity index (χ4n) is 4.98. The number of para-hydroxylation sites is 1. The number of nitrogens with zero attached hydrogens (tertiary/aromatic N) is 1. The van der Waals surface area contributed by atoms with Crippen molar-refractivity contribution < 1.29 is 13.2 Å². The molecule has 4 rings (SSSR count). The highest BCUT2D eigenvalue weighted by Gasteiger charge is 2.38. The Morgan fingerprint density at radius 1 is 0.903 bits per heavy atom. The molecule has 1 saturated carbocycles. The minimum absolute atomic E-state index is 0.0171. The van der Waals surface area contributed by atoms with Crippen LogP contribution < -0.4 is 5.32 Å². The first-order valence-corrected chi connectivity index (χ1v) is 13.2. The Morgan fingerprint density at radius 3 is 2.32 bits per heavy atom. The first-order valence-electron chi connectivity index (χ1n) is 11.4. The summed E-state index contributed by atoms with van der Waals surface area (Å²) in [6.07, 6.45) is 6.75. The maximum atomic E-state index is 13.4. The Balaban J connectivity index is 1.47. The van der Waals surface area contributed by atoms with Crippen LogP contribution in [-0.4, -0.2) is 49.4 Å². The van der Waals surface area contributed by atoms with E-state index in [1.807, 2.05) is 41.3 Å². The van der Waals surface area contributed by atoms with E-state index in [9.17, 15) is 13.2 Å². The van der Waals surface area contributed by atoms with Crippen LogP contribution in [0.25, 0.3) is 0 Å². The lowest BCUT2D eigenvalue weighted by molar-refractivity contribution is -0.134. The van der Waals surface area contributed by atoms with Crippen molar-refractivity contribution in [3.8, 4) is 0 Å². The molecular formula is C25H32N2O3S. The molecule has 1 amide bonds. The number of nitrogens with one attached hydrogen (secondary N) is 1. The summed E-state index contributed by atoms with van der Waals surface area (Å²) in [7, 11) is -3.04. The van der Waals surface area contributed by atoms with Gasteiger partial charge in [0.25, 0.3) is 0 Å². The summed E-state index contributed by atoms with van der Waals surface area (Å²) >= 11 is 0. The van der Waals surface area contributed by atoms with Gasteiger partial charge in [-0.2, -0.15) is 0 Å². The van der Waals surface area contributed by atoms with Gasteiger partial charge < -0.3 is 10.2 Å². The van der Waals surface area contributed by atoms with Crippen molar-refractivity contribution in [1.29, 1.82) is 0 Å². The standard InChI is InChI=1S/C25H32N2O3S/c28-25(27(22-12-5-2-6-13-22)23-15-16-31(29,30)19-23)18-26-24-14-8-7-11-21(24)17-20-9-3-1-4-10-20/h1,3-4,7-11,14,22-23,26H,2,5-6,12-13,15-19H2/t23-/m1/s1. The molecule has 6 heteroatoms. The molecule has 2 fully saturated rings. The Labute approximate surface area is 185 Å².